The van der Waals surface area contributed by atoms with E-state index in [0.29, 0.717) is 0 Å². The fourth-order valence-corrected chi connectivity index (χ4v) is 4.10. The Morgan fingerprint density at radius 1 is 0.886 bits per heavy atom. The molecular weight excluding hydrogens is 422 g/mol. The Morgan fingerprint density at radius 2 is 1.60 bits per heavy atom. The van der Waals surface area contributed by atoms with Crippen molar-refractivity contribution in [2.45, 2.75) is 33.6 Å². The molecule has 35 heavy (non-hydrogen) atoms. The zero-order chi connectivity index (χ0) is 25.8. The van der Waals surface area contributed by atoms with Crippen molar-refractivity contribution < 1.29 is 0 Å². The van der Waals surface area contributed by atoms with Crippen molar-refractivity contribution in [3.8, 4) is 0 Å². The highest BCUT2D eigenvalue weighted by Gasteiger charge is 2.17. The van der Waals surface area contributed by atoms with Crippen LogP contribution in [-0.2, 0) is 0 Å². The second kappa shape index (κ2) is 13.9. The van der Waals surface area contributed by atoms with Crippen molar-refractivity contribution in [3.05, 3.63) is 138 Å². The van der Waals surface area contributed by atoms with Gasteiger partial charge in [-0.25, -0.2) is 0 Å². The van der Waals surface area contributed by atoms with Crippen molar-refractivity contribution in [1.82, 2.24) is 0 Å². The predicted octanol–water partition coefficient (Wildman–Crippen LogP) is 9.36. The van der Waals surface area contributed by atoms with Crippen LogP contribution in [0.1, 0.15) is 55.9 Å². The van der Waals surface area contributed by atoms with Crippen LogP contribution < -0.4 is 5.73 Å². The van der Waals surface area contributed by atoms with Gasteiger partial charge in [0.25, 0.3) is 0 Å². The van der Waals surface area contributed by atoms with Gasteiger partial charge in [-0.15, -0.1) is 0 Å². The molecule has 1 unspecified atom stereocenters. The lowest BCUT2D eigenvalue weighted by Crippen LogP contribution is -2.00. The zero-order valence-corrected chi connectivity index (χ0v) is 21.9. The van der Waals surface area contributed by atoms with E-state index in [1.165, 1.54) is 45.6 Å². The van der Waals surface area contributed by atoms with Crippen LogP contribution in [0.5, 0.6) is 0 Å². The number of fused-ring (bicyclic) bond motifs is 2. The molecule has 2 N–H and O–H groups in total. The molecule has 0 amide bonds. The normalized spacial score (nSPS) is 13.3. The lowest BCUT2D eigenvalue weighted by Gasteiger charge is -2.18. The van der Waals surface area contributed by atoms with Gasteiger partial charge < -0.3 is 5.73 Å². The minimum atomic E-state index is 0.219. The maximum absolute atomic E-state index is 4.50. The highest BCUT2D eigenvalue weighted by molar-refractivity contribution is 5.96. The third-order valence-electron chi connectivity index (χ3n) is 5.96. The summed E-state index contributed by atoms with van der Waals surface area (Å²) >= 11 is 0. The molecule has 0 spiro atoms. The third-order valence-corrected chi connectivity index (χ3v) is 5.96. The maximum Gasteiger partial charge on any atom is 0.00612 e. The Kier molecular flexibility index (Phi) is 10.9. The van der Waals surface area contributed by atoms with Gasteiger partial charge in [-0.05, 0) is 75.9 Å². The molecule has 1 atom stereocenters. The van der Waals surface area contributed by atoms with Crippen LogP contribution in [0.2, 0.25) is 0 Å². The van der Waals surface area contributed by atoms with Crippen molar-refractivity contribution >= 4 is 28.0 Å². The van der Waals surface area contributed by atoms with E-state index in [1.54, 1.807) is 0 Å². The van der Waals surface area contributed by atoms with Gasteiger partial charge in [-0.2, -0.15) is 0 Å². The van der Waals surface area contributed by atoms with Crippen molar-refractivity contribution in [3.63, 3.8) is 0 Å². The van der Waals surface area contributed by atoms with Gasteiger partial charge in [0.1, 0.15) is 0 Å². The second-order valence-electron chi connectivity index (χ2n) is 8.01. The number of hydrogen-bond acceptors (Lipinski definition) is 1. The average molecular weight is 462 g/mol. The molecule has 0 saturated carbocycles. The van der Waals surface area contributed by atoms with E-state index in [4.69, 9.17) is 0 Å². The highest BCUT2D eigenvalue weighted by atomic mass is 14.4. The molecule has 0 aromatic heterocycles. The molecule has 1 nitrogen and oxygen atoms in total. The Bertz CT molecular complexity index is 1280. The van der Waals surface area contributed by atoms with Crippen LogP contribution in [0.25, 0.3) is 28.0 Å². The first-order valence-electron chi connectivity index (χ1n) is 12.4. The molecule has 0 heterocycles. The van der Waals surface area contributed by atoms with E-state index in [9.17, 15) is 0 Å². The van der Waals surface area contributed by atoms with Gasteiger partial charge in [0.2, 0.25) is 0 Å². The summed E-state index contributed by atoms with van der Waals surface area (Å²) in [5.41, 5.74) is 12.7. The van der Waals surface area contributed by atoms with Crippen LogP contribution in [-0.4, -0.2) is 7.05 Å². The zero-order valence-electron chi connectivity index (χ0n) is 21.9. The molecule has 0 aliphatic heterocycles. The van der Waals surface area contributed by atoms with Gasteiger partial charge >= 0.3 is 0 Å². The van der Waals surface area contributed by atoms with Crippen molar-refractivity contribution in [2.24, 2.45) is 5.73 Å². The number of allylic oxidation sites excluding steroid dienone is 9. The summed E-state index contributed by atoms with van der Waals surface area (Å²) in [5.74, 6) is 0.219. The van der Waals surface area contributed by atoms with E-state index in [0.717, 1.165) is 11.1 Å². The molecule has 0 saturated heterocycles. The standard InChI is InChI=1S/C31H28.C2H6.CH5N/c1-5-6-7-11-22(2)24(4)30-15-10-14-29-23(3)20-27(18-19-31(29)30)28-17-16-25-12-8-9-13-26(25)21-28;2*1-2/h5-21,24H,2-3H2,1,4H3;1-2H3;2H2,1H3/b6-5-,11-7-;;. The van der Waals surface area contributed by atoms with Crippen LogP contribution in [0.15, 0.2) is 116 Å². The van der Waals surface area contributed by atoms with Crippen molar-refractivity contribution in [2.75, 3.05) is 7.05 Å². The summed E-state index contributed by atoms with van der Waals surface area (Å²) < 4.78 is 0. The average Bonchev–Trinajstić information content (AvgIpc) is 3.09. The smallest absolute Gasteiger partial charge is 0.00612 e. The van der Waals surface area contributed by atoms with E-state index >= 15 is 0 Å². The highest BCUT2D eigenvalue weighted by Crippen LogP contribution is 2.36. The minimum absolute atomic E-state index is 0.219. The summed E-state index contributed by atoms with van der Waals surface area (Å²) in [6.07, 6.45) is 14.9. The third kappa shape index (κ3) is 6.68. The van der Waals surface area contributed by atoms with Crippen LogP contribution in [0.3, 0.4) is 0 Å². The maximum atomic E-state index is 4.50. The molecule has 1 aliphatic rings. The number of nitrogens with two attached hydrogens (primary N) is 1. The molecule has 180 valence electrons. The van der Waals surface area contributed by atoms with Gasteiger partial charge in [0.15, 0.2) is 0 Å². The van der Waals surface area contributed by atoms with E-state index in [1.807, 2.05) is 32.9 Å². The summed E-state index contributed by atoms with van der Waals surface area (Å²) in [4.78, 5) is 0. The summed E-state index contributed by atoms with van der Waals surface area (Å²) in [7, 11) is 1.50. The van der Waals surface area contributed by atoms with Gasteiger partial charge in [-0.3, -0.25) is 0 Å². The second-order valence-corrected chi connectivity index (χ2v) is 8.01. The van der Waals surface area contributed by atoms with Crippen molar-refractivity contribution in [1.29, 1.82) is 0 Å². The Labute approximate surface area is 212 Å². The van der Waals surface area contributed by atoms with Gasteiger partial charge in [0.05, 0.1) is 0 Å². The molecule has 1 aliphatic carbocycles. The molecule has 0 bridgehead atoms. The Morgan fingerprint density at radius 3 is 2.31 bits per heavy atom. The summed E-state index contributed by atoms with van der Waals surface area (Å²) in [6, 6.07) is 21.6. The lowest BCUT2D eigenvalue weighted by atomic mass is 9.86. The topological polar surface area (TPSA) is 26.0 Å². The lowest BCUT2D eigenvalue weighted by molar-refractivity contribution is 0.922. The molecular formula is C34H39N. The van der Waals surface area contributed by atoms with E-state index < -0.39 is 0 Å². The monoisotopic (exact) mass is 461 g/mol. The minimum Gasteiger partial charge on any atom is -0.333 e. The van der Waals surface area contributed by atoms with Gasteiger partial charge in [0, 0.05) is 5.92 Å². The molecule has 1 heteroatoms. The quantitative estimate of drug-likeness (QED) is 0.376. The fraction of sp³-hybridized carbons (Fsp3) is 0.176. The summed E-state index contributed by atoms with van der Waals surface area (Å²) in [6.45, 7) is 16.9. The molecule has 3 aromatic rings. The van der Waals surface area contributed by atoms with Crippen LogP contribution in [0.4, 0.5) is 0 Å². The van der Waals surface area contributed by atoms with Gasteiger partial charge in [-0.1, -0.05) is 125 Å². The molecule has 4 rings (SSSR count). The summed E-state index contributed by atoms with van der Waals surface area (Å²) in [5, 5.41) is 2.51. The Hall–Kier alpha value is -3.68. The van der Waals surface area contributed by atoms with Crippen LogP contribution >= 0.6 is 0 Å². The van der Waals surface area contributed by atoms with E-state index in [-0.39, 0.29) is 5.92 Å². The number of benzene rings is 3. The largest absolute Gasteiger partial charge is 0.333 e. The molecule has 0 fully saturated rings. The Balaban J connectivity index is 0.00000103. The number of hydrogen-bond donors (Lipinski definition) is 1. The first-order valence-corrected chi connectivity index (χ1v) is 12.4. The molecule has 0 radical (unpaired) electrons. The predicted molar refractivity (Wildman–Crippen MR) is 159 cm³/mol. The first kappa shape index (κ1) is 27.6. The molecule has 3 aromatic carbocycles. The first-order chi connectivity index (χ1) is 17.1. The van der Waals surface area contributed by atoms with E-state index in [2.05, 4.69) is 117 Å². The van der Waals surface area contributed by atoms with Crippen LogP contribution in [0, 0.1) is 0 Å². The SMILES string of the molecule is C=C1C=C(c2ccc3ccccc3c2)C=Cc2c1cccc2C(C)C(=C)/C=C\C=C/C.CC.CN. The fourth-order valence-electron chi connectivity index (χ4n) is 4.10. The number of rotatable bonds is 5.